The van der Waals surface area contributed by atoms with Crippen LogP contribution >= 0.6 is 0 Å². The average molecular weight is 154 g/mol. The summed E-state index contributed by atoms with van der Waals surface area (Å²) in [6.07, 6.45) is 3.68. The van der Waals surface area contributed by atoms with Gasteiger partial charge in [0.1, 0.15) is 0 Å². The second-order valence-electron chi connectivity index (χ2n) is 3.37. The molecule has 2 aliphatic rings. The molecule has 2 fully saturated rings. The topological polar surface area (TPSA) is 32.3 Å². The number of nitrogens with zero attached hydrogens (tertiary/aromatic N) is 1. The van der Waals surface area contributed by atoms with Crippen LogP contribution in [0.4, 0.5) is 0 Å². The predicted octanol–water partition coefficient (Wildman–Crippen LogP) is -0.0293. The highest BCUT2D eigenvalue weighted by Crippen LogP contribution is 2.18. The molecule has 0 aromatic rings. The van der Waals surface area contributed by atoms with Crippen LogP contribution in [0.15, 0.2) is 0 Å². The van der Waals surface area contributed by atoms with Gasteiger partial charge in [-0.2, -0.15) is 0 Å². The molecule has 3 heteroatoms. The van der Waals surface area contributed by atoms with Gasteiger partial charge in [-0.25, -0.2) is 0 Å². The molecule has 62 valence electrons. The Morgan fingerprint density at radius 3 is 3.18 bits per heavy atom. The van der Waals surface area contributed by atoms with Crippen molar-refractivity contribution in [1.82, 2.24) is 10.2 Å². The fourth-order valence-electron chi connectivity index (χ4n) is 1.99. The molecule has 0 aromatic carbocycles. The molecule has 3 nitrogen and oxygen atoms in total. The van der Waals surface area contributed by atoms with Crippen molar-refractivity contribution < 1.29 is 4.79 Å². The summed E-state index contributed by atoms with van der Waals surface area (Å²) in [5, 5.41) is 3.14. The summed E-state index contributed by atoms with van der Waals surface area (Å²) in [6, 6.07) is 0.505. The third kappa shape index (κ3) is 1.25. The Hall–Kier alpha value is -0.570. The molecule has 0 unspecified atom stereocenters. The smallest absolute Gasteiger partial charge is 0.236 e. The number of amides is 1. The van der Waals surface area contributed by atoms with Crippen LogP contribution in [-0.4, -0.2) is 36.5 Å². The van der Waals surface area contributed by atoms with Gasteiger partial charge in [0.2, 0.25) is 5.91 Å². The Morgan fingerprint density at radius 1 is 1.45 bits per heavy atom. The Morgan fingerprint density at radius 2 is 2.36 bits per heavy atom. The molecule has 1 amide bonds. The van der Waals surface area contributed by atoms with Gasteiger partial charge in [0.25, 0.3) is 0 Å². The molecule has 2 saturated heterocycles. The van der Waals surface area contributed by atoms with Gasteiger partial charge in [-0.3, -0.25) is 4.79 Å². The highest BCUT2D eigenvalue weighted by atomic mass is 16.2. The SMILES string of the molecule is O=C1CNC[C@@H]2CCCCN12. The van der Waals surface area contributed by atoms with E-state index in [0.717, 1.165) is 13.1 Å². The minimum atomic E-state index is 0.293. The lowest BCUT2D eigenvalue weighted by atomic mass is 10.0. The first-order chi connectivity index (χ1) is 5.38. The lowest BCUT2D eigenvalue weighted by Crippen LogP contribution is -2.56. The van der Waals surface area contributed by atoms with Gasteiger partial charge in [-0.05, 0) is 19.3 Å². The molecule has 0 saturated carbocycles. The molecule has 2 rings (SSSR count). The van der Waals surface area contributed by atoms with Gasteiger partial charge < -0.3 is 10.2 Å². The lowest BCUT2D eigenvalue weighted by Gasteiger charge is -2.39. The van der Waals surface area contributed by atoms with Crippen LogP contribution in [-0.2, 0) is 4.79 Å². The Balaban J connectivity index is 2.05. The zero-order chi connectivity index (χ0) is 7.68. The molecular formula is C8H14N2O. The fourth-order valence-corrected chi connectivity index (χ4v) is 1.99. The number of hydrogen-bond acceptors (Lipinski definition) is 2. The molecule has 2 aliphatic heterocycles. The molecular weight excluding hydrogens is 140 g/mol. The van der Waals surface area contributed by atoms with Crippen molar-refractivity contribution in [3.63, 3.8) is 0 Å². The standard InChI is InChI=1S/C8H14N2O/c11-8-6-9-5-7-3-1-2-4-10(7)8/h7,9H,1-6H2/t7-/m0/s1. The number of hydrogen-bond donors (Lipinski definition) is 1. The number of nitrogens with one attached hydrogen (secondary N) is 1. The maximum atomic E-state index is 11.3. The average Bonchev–Trinajstić information content (AvgIpc) is 2.06. The monoisotopic (exact) mass is 154 g/mol. The van der Waals surface area contributed by atoms with E-state index in [4.69, 9.17) is 0 Å². The number of carbonyl (C=O) groups is 1. The van der Waals surface area contributed by atoms with Crippen molar-refractivity contribution in [1.29, 1.82) is 0 Å². The van der Waals surface area contributed by atoms with Crippen molar-refractivity contribution >= 4 is 5.91 Å². The molecule has 1 atom stereocenters. The third-order valence-electron chi connectivity index (χ3n) is 2.60. The summed E-state index contributed by atoms with van der Waals surface area (Å²) in [7, 11) is 0. The normalized spacial score (nSPS) is 31.8. The van der Waals surface area contributed by atoms with Gasteiger partial charge in [0.05, 0.1) is 6.54 Å². The third-order valence-corrected chi connectivity index (χ3v) is 2.60. The van der Waals surface area contributed by atoms with Gasteiger partial charge in [-0.15, -0.1) is 0 Å². The maximum absolute atomic E-state index is 11.3. The Labute approximate surface area is 66.8 Å². The molecule has 0 spiro atoms. The van der Waals surface area contributed by atoms with Gasteiger partial charge in [-0.1, -0.05) is 0 Å². The summed E-state index contributed by atoms with van der Waals surface area (Å²) in [5.74, 6) is 0.293. The van der Waals surface area contributed by atoms with E-state index >= 15 is 0 Å². The van der Waals surface area contributed by atoms with E-state index in [1.807, 2.05) is 4.90 Å². The van der Waals surface area contributed by atoms with E-state index in [0.29, 0.717) is 18.5 Å². The molecule has 11 heavy (non-hydrogen) atoms. The number of rotatable bonds is 0. The zero-order valence-electron chi connectivity index (χ0n) is 6.68. The number of piperazine rings is 1. The van der Waals surface area contributed by atoms with Crippen LogP contribution in [0.5, 0.6) is 0 Å². The number of carbonyl (C=O) groups excluding carboxylic acids is 1. The summed E-state index contributed by atoms with van der Waals surface area (Å²) >= 11 is 0. The molecule has 0 radical (unpaired) electrons. The van der Waals surface area contributed by atoms with Crippen LogP contribution in [0.25, 0.3) is 0 Å². The highest BCUT2D eigenvalue weighted by Gasteiger charge is 2.29. The van der Waals surface area contributed by atoms with Gasteiger partial charge in [0, 0.05) is 19.1 Å². The number of fused-ring (bicyclic) bond motifs is 1. The summed E-state index contributed by atoms with van der Waals surface area (Å²) in [6.45, 7) is 2.55. The molecule has 0 aromatic heterocycles. The van der Waals surface area contributed by atoms with E-state index in [9.17, 15) is 4.79 Å². The first kappa shape index (κ1) is 7.10. The van der Waals surface area contributed by atoms with E-state index in [1.165, 1.54) is 19.3 Å². The first-order valence-corrected chi connectivity index (χ1v) is 4.38. The van der Waals surface area contributed by atoms with Crippen molar-refractivity contribution in [3.05, 3.63) is 0 Å². The number of piperidine rings is 1. The van der Waals surface area contributed by atoms with Gasteiger partial charge in [0.15, 0.2) is 0 Å². The lowest BCUT2D eigenvalue weighted by molar-refractivity contribution is -0.136. The van der Waals surface area contributed by atoms with Crippen LogP contribution in [0.1, 0.15) is 19.3 Å². The second kappa shape index (κ2) is 2.81. The zero-order valence-corrected chi connectivity index (χ0v) is 6.68. The minimum absolute atomic E-state index is 0.293. The van der Waals surface area contributed by atoms with Crippen molar-refractivity contribution in [3.8, 4) is 0 Å². The maximum Gasteiger partial charge on any atom is 0.236 e. The van der Waals surface area contributed by atoms with E-state index in [1.54, 1.807) is 0 Å². The Kier molecular flexibility index (Phi) is 1.82. The Bertz CT molecular complexity index is 167. The van der Waals surface area contributed by atoms with E-state index < -0.39 is 0 Å². The van der Waals surface area contributed by atoms with Crippen molar-refractivity contribution in [2.45, 2.75) is 25.3 Å². The highest BCUT2D eigenvalue weighted by molar-refractivity contribution is 5.79. The first-order valence-electron chi connectivity index (χ1n) is 4.38. The van der Waals surface area contributed by atoms with Crippen molar-refractivity contribution in [2.24, 2.45) is 0 Å². The summed E-state index contributed by atoms with van der Waals surface area (Å²) < 4.78 is 0. The van der Waals surface area contributed by atoms with E-state index in [-0.39, 0.29) is 0 Å². The molecule has 1 N–H and O–H groups in total. The summed E-state index contributed by atoms with van der Waals surface area (Å²) in [4.78, 5) is 13.3. The van der Waals surface area contributed by atoms with Crippen LogP contribution in [0.2, 0.25) is 0 Å². The molecule has 2 heterocycles. The van der Waals surface area contributed by atoms with Crippen LogP contribution < -0.4 is 5.32 Å². The predicted molar refractivity (Wildman–Crippen MR) is 42.2 cm³/mol. The minimum Gasteiger partial charge on any atom is -0.337 e. The fraction of sp³-hybridized carbons (Fsp3) is 0.875. The summed E-state index contributed by atoms with van der Waals surface area (Å²) in [5.41, 5.74) is 0. The van der Waals surface area contributed by atoms with Crippen molar-refractivity contribution in [2.75, 3.05) is 19.6 Å². The second-order valence-corrected chi connectivity index (χ2v) is 3.37. The quantitative estimate of drug-likeness (QED) is 0.531. The largest absolute Gasteiger partial charge is 0.337 e. The van der Waals surface area contributed by atoms with Gasteiger partial charge >= 0.3 is 0 Å². The van der Waals surface area contributed by atoms with Crippen LogP contribution in [0, 0.1) is 0 Å². The molecule has 0 aliphatic carbocycles. The van der Waals surface area contributed by atoms with E-state index in [2.05, 4.69) is 5.32 Å². The van der Waals surface area contributed by atoms with Crippen LogP contribution in [0.3, 0.4) is 0 Å². The molecule has 0 bridgehead atoms.